The highest BCUT2D eigenvalue weighted by Gasteiger charge is 2.27. The van der Waals surface area contributed by atoms with Crippen LogP contribution in [0.3, 0.4) is 0 Å². The van der Waals surface area contributed by atoms with Gasteiger partial charge in [-0.15, -0.1) is 0 Å². The van der Waals surface area contributed by atoms with E-state index in [-0.39, 0.29) is 6.61 Å². The maximum atomic E-state index is 11.8. The van der Waals surface area contributed by atoms with Gasteiger partial charge in [0.15, 0.2) is 0 Å². The van der Waals surface area contributed by atoms with Crippen molar-refractivity contribution in [2.75, 3.05) is 39.4 Å². The van der Waals surface area contributed by atoms with Gasteiger partial charge in [-0.3, -0.25) is 0 Å². The van der Waals surface area contributed by atoms with Crippen LogP contribution in [0.4, 0.5) is 13.2 Å². The van der Waals surface area contributed by atoms with Crippen LogP contribution in [0.25, 0.3) is 0 Å². The highest BCUT2D eigenvalue weighted by atomic mass is 19.4. The number of hydrogen-bond donors (Lipinski definition) is 1. The lowest BCUT2D eigenvalue weighted by molar-refractivity contribution is -0.174. The van der Waals surface area contributed by atoms with Crippen molar-refractivity contribution in [1.29, 1.82) is 0 Å². The van der Waals surface area contributed by atoms with E-state index in [4.69, 9.17) is 0 Å². The van der Waals surface area contributed by atoms with Gasteiger partial charge in [0.25, 0.3) is 0 Å². The molecule has 0 aliphatic carbocycles. The fourth-order valence-electron chi connectivity index (χ4n) is 2.29. The topological polar surface area (TPSA) is 24.5 Å². The van der Waals surface area contributed by atoms with E-state index >= 15 is 0 Å². The zero-order chi connectivity index (χ0) is 13.4. The molecular weight excluding hydrogens is 245 g/mol. The number of nitrogens with zero attached hydrogens (tertiary/aromatic N) is 1. The second-order valence-corrected chi connectivity index (χ2v) is 4.72. The van der Waals surface area contributed by atoms with Crippen molar-refractivity contribution in [2.24, 2.45) is 0 Å². The van der Waals surface area contributed by atoms with Crippen LogP contribution in [-0.4, -0.2) is 56.5 Å². The van der Waals surface area contributed by atoms with Crippen molar-refractivity contribution >= 4 is 0 Å². The molecule has 108 valence electrons. The van der Waals surface area contributed by atoms with E-state index in [2.05, 4.69) is 21.9 Å². The molecular formula is C12H23F3N2O. The first-order chi connectivity index (χ1) is 8.51. The Hall–Kier alpha value is -0.330. The van der Waals surface area contributed by atoms with Crippen LogP contribution in [0.5, 0.6) is 0 Å². The Morgan fingerprint density at radius 1 is 1.39 bits per heavy atom. The second kappa shape index (κ2) is 7.96. The molecule has 1 aliphatic rings. The number of halogens is 3. The predicted molar refractivity (Wildman–Crippen MR) is 64.6 cm³/mol. The van der Waals surface area contributed by atoms with Crippen molar-refractivity contribution in [3.8, 4) is 0 Å². The lowest BCUT2D eigenvalue weighted by Gasteiger charge is -2.33. The van der Waals surface area contributed by atoms with Gasteiger partial charge in [-0.05, 0) is 32.4 Å². The molecule has 1 rings (SSSR count). The molecule has 0 amide bonds. The van der Waals surface area contributed by atoms with Crippen molar-refractivity contribution in [1.82, 2.24) is 10.2 Å². The molecule has 0 saturated carbocycles. The van der Waals surface area contributed by atoms with Crippen LogP contribution in [0, 0.1) is 0 Å². The average Bonchev–Trinajstić information content (AvgIpc) is 2.28. The molecule has 1 unspecified atom stereocenters. The number of likely N-dealkylation sites (N-methyl/N-ethyl adjacent to an activating group) is 1. The summed E-state index contributed by atoms with van der Waals surface area (Å²) in [4.78, 5) is 2.30. The molecule has 1 saturated heterocycles. The number of ether oxygens (including phenoxy) is 1. The van der Waals surface area contributed by atoms with Crippen molar-refractivity contribution in [3.63, 3.8) is 0 Å². The van der Waals surface area contributed by atoms with Crippen LogP contribution in [-0.2, 0) is 4.74 Å². The minimum atomic E-state index is -4.21. The van der Waals surface area contributed by atoms with Gasteiger partial charge in [0.1, 0.15) is 6.61 Å². The predicted octanol–water partition coefficient (Wildman–Crippen LogP) is 2.03. The highest BCUT2D eigenvalue weighted by molar-refractivity contribution is 4.77. The Morgan fingerprint density at radius 2 is 2.17 bits per heavy atom. The minimum Gasteiger partial charge on any atom is -0.372 e. The Labute approximate surface area is 107 Å². The molecule has 6 heteroatoms. The Bertz CT molecular complexity index is 222. The molecule has 1 heterocycles. The molecule has 0 spiro atoms. The van der Waals surface area contributed by atoms with E-state index < -0.39 is 12.8 Å². The van der Waals surface area contributed by atoms with Gasteiger partial charge in [0.2, 0.25) is 0 Å². The first-order valence-corrected chi connectivity index (χ1v) is 6.61. The molecule has 1 N–H and O–H groups in total. The molecule has 3 nitrogen and oxygen atoms in total. The molecule has 0 aromatic heterocycles. The van der Waals surface area contributed by atoms with Crippen LogP contribution >= 0.6 is 0 Å². The summed E-state index contributed by atoms with van der Waals surface area (Å²) in [6, 6.07) is 0.528. The Kier molecular flexibility index (Phi) is 6.96. The Balaban J connectivity index is 2.04. The molecule has 1 fully saturated rings. The van der Waals surface area contributed by atoms with Crippen molar-refractivity contribution in [2.45, 2.75) is 38.4 Å². The number of alkyl halides is 3. The number of hydrogen-bond acceptors (Lipinski definition) is 3. The van der Waals surface area contributed by atoms with E-state index in [1.165, 1.54) is 6.42 Å². The summed E-state index contributed by atoms with van der Waals surface area (Å²) in [5.41, 5.74) is 0. The quantitative estimate of drug-likeness (QED) is 0.715. The summed E-state index contributed by atoms with van der Waals surface area (Å²) in [6.07, 6.45) is -1.20. The van der Waals surface area contributed by atoms with Gasteiger partial charge in [0, 0.05) is 25.7 Å². The Morgan fingerprint density at radius 3 is 2.83 bits per heavy atom. The highest BCUT2D eigenvalue weighted by Crippen LogP contribution is 2.14. The lowest BCUT2D eigenvalue weighted by atomic mass is 10.1. The SMILES string of the molecule is CCNC1CCCN(CCCOCC(F)(F)F)C1. The van der Waals surface area contributed by atoms with Gasteiger partial charge in [0.05, 0.1) is 0 Å². The summed E-state index contributed by atoms with van der Waals surface area (Å²) in [5.74, 6) is 0. The van der Waals surface area contributed by atoms with Crippen LogP contribution < -0.4 is 5.32 Å². The zero-order valence-electron chi connectivity index (χ0n) is 10.9. The van der Waals surface area contributed by atoms with E-state index in [0.717, 1.165) is 32.6 Å². The monoisotopic (exact) mass is 268 g/mol. The first kappa shape index (κ1) is 15.7. The van der Waals surface area contributed by atoms with E-state index in [0.29, 0.717) is 12.5 Å². The molecule has 18 heavy (non-hydrogen) atoms. The minimum absolute atomic E-state index is 0.182. The van der Waals surface area contributed by atoms with Gasteiger partial charge in [-0.25, -0.2) is 0 Å². The maximum Gasteiger partial charge on any atom is 0.411 e. The molecule has 1 aliphatic heterocycles. The molecule has 0 aromatic rings. The third-order valence-electron chi connectivity index (χ3n) is 3.03. The summed E-state index contributed by atoms with van der Waals surface area (Å²) in [7, 11) is 0. The third kappa shape index (κ3) is 7.18. The molecule has 1 atom stereocenters. The normalized spacial score (nSPS) is 22.3. The summed E-state index contributed by atoms with van der Waals surface area (Å²) in [5, 5.41) is 3.41. The fourth-order valence-corrected chi connectivity index (χ4v) is 2.29. The van der Waals surface area contributed by atoms with Crippen molar-refractivity contribution < 1.29 is 17.9 Å². The van der Waals surface area contributed by atoms with E-state index in [1.54, 1.807) is 0 Å². The lowest BCUT2D eigenvalue weighted by Crippen LogP contribution is -2.46. The van der Waals surface area contributed by atoms with Gasteiger partial charge < -0.3 is 15.0 Å². The van der Waals surface area contributed by atoms with Gasteiger partial charge in [-0.1, -0.05) is 6.92 Å². The number of nitrogens with one attached hydrogen (secondary N) is 1. The summed E-state index contributed by atoms with van der Waals surface area (Å²) < 4.78 is 40.1. The molecule has 0 radical (unpaired) electrons. The summed E-state index contributed by atoms with van der Waals surface area (Å²) >= 11 is 0. The van der Waals surface area contributed by atoms with E-state index in [9.17, 15) is 13.2 Å². The average molecular weight is 268 g/mol. The molecule has 0 aromatic carbocycles. The summed E-state index contributed by atoms with van der Waals surface area (Å²) in [6.45, 7) is 4.96. The standard InChI is InChI=1S/C12H23F3N2O/c1-2-16-11-5-3-6-17(9-11)7-4-8-18-10-12(13,14)15/h11,16H,2-10H2,1H3. The van der Waals surface area contributed by atoms with Crippen LogP contribution in [0.1, 0.15) is 26.2 Å². The number of rotatable bonds is 7. The third-order valence-corrected chi connectivity index (χ3v) is 3.03. The van der Waals surface area contributed by atoms with Crippen LogP contribution in [0.2, 0.25) is 0 Å². The smallest absolute Gasteiger partial charge is 0.372 e. The largest absolute Gasteiger partial charge is 0.411 e. The van der Waals surface area contributed by atoms with Gasteiger partial charge in [-0.2, -0.15) is 13.2 Å². The second-order valence-electron chi connectivity index (χ2n) is 4.72. The maximum absolute atomic E-state index is 11.8. The number of piperidine rings is 1. The van der Waals surface area contributed by atoms with Crippen molar-refractivity contribution in [3.05, 3.63) is 0 Å². The first-order valence-electron chi connectivity index (χ1n) is 6.61. The van der Waals surface area contributed by atoms with Crippen LogP contribution in [0.15, 0.2) is 0 Å². The molecule has 0 bridgehead atoms. The van der Waals surface area contributed by atoms with Gasteiger partial charge >= 0.3 is 6.18 Å². The number of likely N-dealkylation sites (tertiary alicyclic amines) is 1. The van der Waals surface area contributed by atoms with E-state index in [1.807, 2.05) is 0 Å². The zero-order valence-corrected chi connectivity index (χ0v) is 10.9. The fraction of sp³-hybridized carbons (Fsp3) is 1.00.